The molecule has 1 aromatic rings. The van der Waals surface area contributed by atoms with Crippen molar-refractivity contribution in [2.45, 2.75) is 6.18 Å². The molecule has 0 saturated carbocycles. The van der Waals surface area contributed by atoms with Crippen LogP contribution in [0.1, 0.15) is 5.56 Å². The lowest BCUT2D eigenvalue weighted by atomic mass is 10.3. The van der Waals surface area contributed by atoms with Crippen molar-refractivity contribution in [3.63, 3.8) is 0 Å². The molecule has 0 fully saturated rings. The molecule has 7 heteroatoms. The van der Waals surface area contributed by atoms with Crippen LogP contribution in [0.15, 0.2) is 12.3 Å². The molecule has 13 heavy (non-hydrogen) atoms. The van der Waals surface area contributed by atoms with E-state index >= 15 is 0 Å². The normalized spacial score (nSPS) is 11.5. The summed E-state index contributed by atoms with van der Waals surface area (Å²) >= 11 is 10.2. The topological polar surface area (TPSA) is 22.1 Å². The van der Waals surface area contributed by atoms with Crippen molar-refractivity contribution in [1.29, 1.82) is 0 Å². The first-order chi connectivity index (χ1) is 5.95. The van der Waals surface area contributed by atoms with Crippen molar-refractivity contribution in [1.82, 2.24) is 4.98 Å². The minimum Gasteiger partial charge on any atom is -0.363 e. The molecule has 0 aliphatic carbocycles. The summed E-state index contributed by atoms with van der Waals surface area (Å²) in [4.78, 5) is 3.26. The quantitative estimate of drug-likeness (QED) is 0.741. The van der Waals surface area contributed by atoms with Crippen LogP contribution in [0.3, 0.4) is 0 Å². The van der Waals surface area contributed by atoms with Gasteiger partial charge in [-0.1, -0.05) is 11.6 Å². The van der Waals surface area contributed by atoms with Gasteiger partial charge in [0.25, 0.3) is 5.88 Å². The van der Waals surface area contributed by atoms with E-state index in [0.29, 0.717) is 12.3 Å². The second-order valence-corrected chi connectivity index (χ2v) is 2.65. The lowest BCUT2D eigenvalue weighted by Gasteiger charge is -2.06. The minimum absolute atomic E-state index is 0.253. The maximum Gasteiger partial charge on any atom is 0.417 e. The molecule has 1 heterocycles. The maximum absolute atomic E-state index is 12.0. The number of rotatable bonds is 1. The van der Waals surface area contributed by atoms with Gasteiger partial charge in [0.2, 0.25) is 0 Å². The van der Waals surface area contributed by atoms with Crippen molar-refractivity contribution < 1.29 is 17.5 Å². The summed E-state index contributed by atoms with van der Waals surface area (Å²) in [6, 6.07) is 0.687. The zero-order chi connectivity index (χ0) is 10.1. The lowest BCUT2D eigenvalue weighted by Crippen LogP contribution is -2.05. The van der Waals surface area contributed by atoms with E-state index in [-0.39, 0.29) is 10.9 Å². The molecule has 0 bridgehead atoms. The van der Waals surface area contributed by atoms with Crippen LogP contribution in [0, 0.1) is 0 Å². The summed E-state index contributed by atoms with van der Waals surface area (Å²) in [5, 5.41) is -0.287. The Morgan fingerprint density at radius 1 is 1.38 bits per heavy atom. The third-order valence-corrected chi connectivity index (χ3v) is 1.62. The molecule has 0 aliphatic rings. The van der Waals surface area contributed by atoms with E-state index in [4.69, 9.17) is 23.5 Å². The fourth-order valence-corrected chi connectivity index (χ4v) is 1.00. The highest BCUT2D eigenvalue weighted by atomic mass is 35.5. The van der Waals surface area contributed by atoms with E-state index in [2.05, 4.69) is 9.27 Å². The lowest BCUT2D eigenvalue weighted by molar-refractivity contribution is -0.137. The Morgan fingerprint density at radius 3 is 2.38 bits per heavy atom. The number of hydrogen-bond acceptors (Lipinski definition) is 2. The Hall–Kier alpha value is -0.680. The van der Waals surface area contributed by atoms with Crippen molar-refractivity contribution in [2.75, 3.05) is 0 Å². The van der Waals surface area contributed by atoms with Crippen molar-refractivity contribution in [3.05, 3.63) is 22.8 Å². The molecule has 0 spiro atoms. The first-order valence-electron chi connectivity index (χ1n) is 2.96. The molecule has 0 aromatic carbocycles. The molecular formula is C6H2Cl2F3NO. The zero-order valence-electron chi connectivity index (χ0n) is 5.90. The number of alkyl halides is 3. The van der Waals surface area contributed by atoms with Crippen molar-refractivity contribution >= 4 is 23.5 Å². The predicted molar refractivity (Wildman–Crippen MR) is 40.7 cm³/mol. The largest absolute Gasteiger partial charge is 0.417 e. The average molecular weight is 232 g/mol. The molecule has 72 valence electrons. The van der Waals surface area contributed by atoms with Crippen molar-refractivity contribution in [2.24, 2.45) is 0 Å². The van der Waals surface area contributed by atoms with Crippen molar-refractivity contribution in [3.8, 4) is 5.88 Å². The Kier molecular flexibility index (Phi) is 2.87. The number of nitrogens with zero attached hydrogens (tertiary/aromatic N) is 1. The monoisotopic (exact) mass is 231 g/mol. The molecule has 0 N–H and O–H groups in total. The highest BCUT2D eigenvalue weighted by Gasteiger charge is 2.31. The smallest absolute Gasteiger partial charge is 0.363 e. The Labute approximate surface area is 81.4 Å². The van der Waals surface area contributed by atoms with E-state index in [1.165, 1.54) is 0 Å². The number of hydrogen-bond donors (Lipinski definition) is 0. The van der Waals surface area contributed by atoms with E-state index in [1.807, 2.05) is 0 Å². The molecule has 1 aromatic heterocycles. The molecule has 1 rings (SSSR count). The van der Waals surface area contributed by atoms with Gasteiger partial charge in [0.1, 0.15) is 16.9 Å². The van der Waals surface area contributed by atoms with Gasteiger partial charge in [0, 0.05) is 6.20 Å². The van der Waals surface area contributed by atoms with Gasteiger partial charge in [-0.3, -0.25) is 0 Å². The highest BCUT2D eigenvalue weighted by molar-refractivity contribution is 6.32. The van der Waals surface area contributed by atoms with E-state index < -0.39 is 11.7 Å². The second kappa shape index (κ2) is 3.59. The average Bonchev–Trinajstić information content (AvgIpc) is 2.02. The van der Waals surface area contributed by atoms with Gasteiger partial charge in [-0.25, -0.2) is 4.98 Å². The maximum atomic E-state index is 12.0. The standard InChI is InChI=1S/C6H2Cl2F3NO/c7-4-1-3(6(9,10)11)2-12-5(4)13-8/h1-2H. The van der Waals surface area contributed by atoms with E-state index in [0.717, 1.165) is 0 Å². The second-order valence-electron chi connectivity index (χ2n) is 2.09. The third-order valence-electron chi connectivity index (χ3n) is 1.21. The summed E-state index contributed by atoms with van der Waals surface area (Å²) in [6.07, 6.45) is -3.88. The van der Waals surface area contributed by atoms with Crippen LogP contribution < -0.4 is 4.29 Å². The first-order valence-corrected chi connectivity index (χ1v) is 3.65. The van der Waals surface area contributed by atoms with Crippen LogP contribution >= 0.6 is 23.5 Å². The SMILES string of the molecule is FC(F)(F)c1cnc(OCl)c(Cl)c1. The van der Waals surface area contributed by atoms with Gasteiger partial charge in [-0.05, 0) is 6.07 Å². The van der Waals surface area contributed by atoms with Gasteiger partial charge in [0.05, 0.1) is 5.56 Å². The van der Waals surface area contributed by atoms with Crippen LogP contribution in [0.25, 0.3) is 0 Å². The summed E-state index contributed by atoms with van der Waals surface area (Å²) in [7, 11) is 0. The minimum atomic E-state index is -4.47. The Morgan fingerprint density at radius 2 is 2.00 bits per heavy atom. The molecular weight excluding hydrogens is 230 g/mol. The summed E-state index contributed by atoms with van der Waals surface area (Å²) in [6.45, 7) is 0. The van der Waals surface area contributed by atoms with Gasteiger partial charge in [0.15, 0.2) is 0 Å². The van der Waals surface area contributed by atoms with Crippen LogP contribution in [0.4, 0.5) is 13.2 Å². The van der Waals surface area contributed by atoms with Gasteiger partial charge in [-0.2, -0.15) is 13.2 Å². The summed E-state index contributed by atoms with van der Waals surface area (Å²) in [5.41, 5.74) is -0.949. The van der Waals surface area contributed by atoms with Crippen LogP contribution in [0.5, 0.6) is 5.88 Å². The number of halogens is 5. The third kappa shape index (κ3) is 2.38. The molecule has 0 saturated heterocycles. The molecule has 2 nitrogen and oxygen atoms in total. The zero-order valence-corrected chi connectivity index (χ0v) is 7.41. The molecule has 0 atom stereocenters. The van der Waals surface area contributed by atoms with Gasteiger partial charge < -0.3 is 4.29 Å². The Balaban J connectivity index is 3.10. The molecule has 0 aliphatic heterocycles. The van der Waals surface area contributed by atoms with Crippen LogP contribution in [0.2, 0.25) is 5.02 Å². The first kappa shape index (κ1) is 10.4. The molecule has 0 amide bonds. The fourth-order valence-electron chi connectivity index (χ4n) is 0.637. The van der Waals surface area contributed by atoms with E-state index in [1.54, 1.807) is 0 Å². The summed E-state index contributed by atoms with van der Waals surface area (Å²) < 4.78 is 40.2. The fraction of sp³-hybridized carbons (Fsp3) is 0.167. The number of pyridine rings is 1. The predicted octanol–water partition coefficient (Wildman–Crippen LogP) is 3.29. The van der Waals surface area contributed by atoms with E-state index in [9.17, 15) is 13.2 Å². The van der Waals surface area contributed by atoms with Gasteiger partial charge >= 0.3 is 6.18 Å². The molecule has 0 radical (unpaired) electrons. The Bertz CT molecular complexity index is 315. The number of aromatic nitrogens is 1. The van der Waals surface area contributed by atoms with Gasteiger partial charge in [-0.15, -0.1) is 0 Å². The molecule has 0 unspecified atom stereocenters. The van der Waals surface area contributed by atoms with Crippen LogP contribution in [-0.2, 0) is 6.18 Å². The highest BCUT2D eigenvalue weighted by Crippen LogP contribution is 2.33. The van der Waals surface area contributed by atoms with Crippen LogP contribution in [-0.4, -0.2) is 4.98 Å². The summed E-state index contributed by atoms with van der Waals surface area (Å²) in [5.74, 6) is -0.253.